The van der Waals surface area contributed by atoms with Crippen LogP contribution in [0.15, 0.2) is 35.3 Å². The van der Waals surface area contributed by atoms with Gasteiger partial charge in [-0.1, -0.05) is 18.2 Å². The zero-order valence-electron chi connectivity index (χ0n) is 16.1. The minimum atomic E-state index is -0.199. The third kappa shape index (κ3) is 3.89. The Hall–Kier alpha value is -2.63. The van der Waals surface area contributed by atoms with Gasteiger partial charge in [0, 0.05) is 42.5 Å². The lowest BCUT2D eigenvalue weighted by Gasteiger charge is -2.32. The summed E-state index contributed by atoms with van der Waals surface area (Å²) in [5, 5.41) is 1.26. The highest BCUT2D eigenvalue weighted by molar-refractivity contribution is 6.06. The number of fused-ring (bicyclic) bond motifs is 1. The number of benzene rings is 1. The molecule has 0 aliphatic carbocycles. The summed E-state index contributed by atoms with van der Waals surface area (Å²) >= 11 is 0. The number of carbonyl (C=O) groups excluding carboxylic acids is 2. The van der Waals surface area contributed by atoms with Gasteiger partial charge in [-0.25, -0.2) is 0 Å². The van der Waals surface area contributed by atoms with Crippen LogP contribution in [-0.4, -0.2) is 41.5 Å². The number of hydrogen-bond acceptors (Lipinski definition) is 4. The summed E-state index contributed by atoms with van der Waals surface area (Å²) < 4.78 is 6.36. The van der Waals surface area contributed by atoms with Gasteiger partial charge in [-0.05, 0) is 38.7 Å². The molecule has 6 heteroatoms. The molecular weight excluding hydrogens is 344 g/mol. The van der Waals surface area contributed by atoms with Crippen LogP contribution in [0, 0.1) is 5.92 Å². The van der Waals surface area contributed by atoms with Gasteiger partial charge in [-0.3, -0.25) is 14.4 Å². The molecule has 2 aromatic rings. The van der Waals surface area contributed by atoms with Crippen LogP contribution >= 0.6 is 0 Å². The molecule has 6 nitrogen and oxygen atoms in total. The summed E-state index contributed by atoms with van der Waals surface area (Å²) in [6.45, 7) is 5.08. The van der Waals surface area contributed by atoms with Gasteiger partial charge in [-0.15, -0.1) is 0 Å². The number of carbonyl (C=O) groups is 2. The average Bonchev–Trinajstić information content (AvgIpc) is 2.68. The van der Waals surface area contributed by atoms with Gasteiger partial charge in [0.05, 0.1) is 12.7 Å². The molecule has 0 saturated carbocycles. The number of methoxy groups -OCH3 is 1. The molecule has 0 bridgehead atoms. The van der Waals surface area contributed by atoms with Gasteiger partial charge >= 0.3 is 5.97 Å². The Morgan fingerprint density at radius 1 is 1.15 bits per heavy atom. The largest absolute Gasteiger partial charge is 0.469 e. The first-order chi connectivity index (χ1) is 12.9. The SMILES string of the molecule is COC(=O)CC1CCN(C(=O)c2cn(C(C)C)c(=O)c3ccccc23)CC1. The highest BCUT2D eigenvalue weighted by atomic mass is 16.5. The van der Waals surface area contributed by atoms with E-state index >= 15 is 0 Å². The Bertz CT molecular complexity index is 908. The second-order valence-electron chi connectivity index (χ2n) is 7.41. The van der Waals surface area contributed by atoms with Crippen molar-refractivity contribution in [1.82, 2.24) is 9.47 Å². The molecule has 1 aromatic carbocycles. The molecule has 0 N–H and O–H groups in total. The number of hydrogen-bond donors (Lipinski definition) is 0. The maximum atomic E-state index is 13.2. The number of ether oxygens (including phenoxy) is 1. The number of likely N-dealkylation sites (tertiary alicyclic amines) is 1. The van der Waals surface area contributed by atoms with Crippen LogP contribution in [0.1, 0.15) is 49.5 Å². The molecule has 3 rings (SSSR count). The van der Waals surface area contributed by atoms with Crippen LogP contribution in [0.4, 0.5) is 0 Å². The van der Waals surface area contributed by atoms with Crippen molar-refractivity contribution in [1.29, 1.82) is 0 Å². The second kappa shape index (κ2) is 7.94. The van der Waals surface area contributed by atoms with Crippen LogP contribution in [0.3, 0.4) is 0 Å². The minimum absolute atomic E-state index is 0.0283. The molecule has 1 aliphatic rings. The third-order valence-corrected chi connectivity index (χ3v) is 5.32. The predicted molar refractivity (Wildman–Crippen MR) is 104 cm³/mol. The normalized spacial score (nSPS) is 15.3. The Morgan fingerprint density at radius 3 is 2.37 bits per heavy atom. The summed E-state index contributed by atoms with van der Waals surface area (Å²) in [7, 11) is 1.40. The van der Waals surface area contributed by atoms with Gasteiger partial charge in [0.15, 0.2) is 0 Å². The molecule has 0 radical (unpaired) electrons. The Kier molecular flexibility index (Phi) is 5.63. The first-order valence-corrected chi connectivity index (χ1v) is 9.42. The average molecular weight is 370 g/mol. The van der Waals surface area contributed by atoms with Crippen LogP contribution in [0.2, 0.25) is 0 Å². The smallest absolute Gasteiger partial charge is 0.305 e. The molecular formula is C21H26N2O4. The standard InChI is InChI=1S/C21H26N2O4/c1-14(2)23-13-18(16-6-4-5-7-17(16)21(23)26)20(25)22-10-8-15(9-11-22)12-19(24)27-3/h4-7,13-15H,8-12H2,1-3H3. The number of esters is 1. The fourth-order valence-corrected chi connectivity index (χ4v) is 3.69. The first kappa shape index (κ1) is 19.1. The van der Waals surface area contributed by atoms with Gasteiger partial charge in [0.1, 0.15) is 0 Å². The van der Waals surface area contributed by atoms with E-state index in [0.717, 1.165) is 12.8 Å². The first-order valence-electron chi connectivity index (χ1n) is 9.42. The molecule has 0 unspecified atom stereocenters. The quantitative estimate of drug-likeness (QED) is 0.776. The molecule has 1 amide bonds. The number of nitrogens with zero attached hydrogens (tertiary/aromatic N) is 2. The number of amides is 1. The second-order valence-corrected chi connectivity index (χ2v) is 7.41. The number of pyridine rings is 1. The molecule has 1 fully saturated rings. The molecule has 2 heterocycles. The van der Waals surface area contributed by atoms with Crippen molar-refractivity contribution in [2.75, 3.05) is 20.2 Å². The van der Waals surface area contributed by atoms with E-state index in [0.29, 0.717) is 35.8 Å². The zero-order valence-corrected chi connectivity index (χ0v) is 16.1. The molecule has 1 saturated heterocycles. The van der Waals surface area contributed by atoms with Crippen molar-refractivity contribution < 1.29 is 14.3 Å². The van der Waals surface area contributed by atoms with Gasteiger partial charge in [-0.2, -0.15) is 0 Å². The summed E-state index contributed by atoms with van der Waals surface area (Å²) in [6.07, 6.45) is 3.66. The van der Waals surface area contributed by atoms with E-state index in [2.05, 4.69) is 0 Å². The van der Waals surface area contributed by atoms with E-state index in [-0.39, 0.29) is 29.4 Å². The predicted octanol–water partition coefficient (Wildman–Crippen LogP) is 3.00. The Labute approximate surface area is 158 Å². The number of aromatic nitrogens is 1. The summed E-state index contributed by atoms with van der Waals surface area (Å²) in [5.41, 5.74) is 0.485. The van der Waals surface area contributed by atoms with Crippen molar-refractivity contribution in [3.8, 4) is 0 Å². The van der Waals surface area contributed by atoms with Gasteiger partial charge < -0.3 is 14.2 Å². The fourth-order valence-electron chi connectivity index (χ4n) is 3.69. The summed E-state index contributed by atoms with van der Waals surface area (Å²) in [4.78, 5) is 39.2. The minimum Gasteiger partial charge on any atom is -0.469 e. The van der Waals surface area contributed by atoms with E-state index < -0.39 is 0 Å². The lowest BCUT2D eigenvalue weighted by Crippen LogP contribution is -2.39. The number of piperidine rings is 1. The molecule has 1 aromatic heterocycles. The van der Waals surface area contributed by atoms with Gasteiger partial charge in [0.2, 0.25) is 0 Å². The lowest BCUT2D eigenvalue weighted by atomic mass is 9.93. The Balaban J connectivity index is 1.87. The molecule has 0 atom stereocenters. The molecule has 0 spiro atoms. The molecule has 27 heavy (non-hydrogen) atoms. The molecule has 144 valence electrons. The van der Waals surface area contributed by atoms with Crippen LogP contribution in [0.5, 0.6) is 0 Å². The number of rotatable bonds is 4. The van der Waals surface area contributed by atoms with Crippen LogP contribution in [0.25, 0.3) is 10.8 Å². The van der Waals surface area contributed by atoms with Gasteiger partial charge in [0.25, 0.3) is 11.5 Å². The maximum Gasteiger partial charge on any atom is 0.305 e. The van der Waals surface area contributed by atoms with Crippen molar-refractivity contribution in [2.24, 2.45) is 5.92 Å². The zero-order chi connectivity index (χ0) is 19.6. The lowest BCUT2D eigenvalue weighted by molar-refractivity contribution is -0.142. The topological polar surface area (TPSA) is 68.6 Å². The van der Waals surface area contributed by atoms with E-state index in [1.807, 2.05) is 36.9 Å². The fraction of sp³-hybridized carbons (Fsp3) is 0.476. The van der Waals surface area contributed by atoms with Crippen molar-refractivity contribution in [2.45, 2.75) is 39.2 Å². The summed E-state index contributed by atoms with van der Waals surface area (Å²) in [6, 6.07) is 7.25. The summed E-state index contributed by atoms with van der Waals surface area (Å²) in [5.74, 6) is -0.00485. The van der Waals surface area contributed by atoms with Crippen molar-refractivity contribution in [3.63, 3.8) is 0 Å². The third-order valence-electron chi connectivity index (χ3n) is 5.32. The maximum absolute atomic E-state index is 13.2. The Morgan fingerprint density at radius 2 is 1.78 bits per heavy atom. The van der Waals surface area contributed by atoms with Crippen LogP contribution < -0.4 is 5.56 Å². The van der Waals surface area contributed by atoms with Crippen molar-refractivity contribution in [3.05, 3.63) is 46.4 Å². The van der Waals surface area contributed by atoms with Crippen LogP contribution in [-0.2, 0) is 9.53 Å². The van der Waals surface area contributed by atoms with E-state index in [1.165, 1.54) is 7.11 Å². The highest BCUT2D eigenvalue weighted by Gasteiger charge is 2.27. The van der Waals surface area contributed by atoms with Crippen molar-refractivity contribution >= 4 is 22.6 Å². The monoisotopic (exact) mass is 370 g/mol. The van der Waals surface area contributed by atoms with E-state index in [9.17, 15) is 14.4 Å². The molecule has 1 aliphatic heterocycles. The van der Waals surface area contributed by atoms with E-state index in [1.54, 1.807) is 16.8 Å². The highest BCUT2D eigenvalue weighted by Crippen LogP contribution is 2.24. The van der Waals surface area contributed by atoms with E-state index in [4.69, 9.17) is 4.74 Å².